The summed E-state index contributed by atoms with van der Waals surface area (Å²) in [5.74, 6) is 0.592. The molecule has 4 nitrogen and oxygen atoms in total. The van der Waals surface area contributed by atoms with Crippen LogP contribution < -0.4 is 0 Å². The molecule has 3 rings (SSSR count). The normalized spacial score (nSPS) is 18.5. The standard InChI is InChI=1S/C17H20O4/c1-9-5-6-13(18)11-7-14-16(10(2)15(9)11)12(8-21-14)17(19-3)20-4/h7-9,17H,5-6H2,1-4H3/t9-/m0/s1. The second-order valence-electron chi connectivity index (χ2n) is 5.69. The monoisotopic (exact) mass is 288 g/mol. The Kier molecular flexibility index (Phi) is 3.59. The molecule has 0 radical (unpaired) electrons. The maximum absolute atomic E-state index is 12.2. The minimum atomic E-state index is -0.461. The number of furan rings is 1. The fourth-order valence-electron chi connectivity index (χ4n) is 3.46. The molecule has 112 valence electrons. The van der Waals surface area contributed by atoms with E-state index >= 15 is 0 Å². The number of methoxy groups -OCH3 is 2. The Morgan fingerprint density at radius 3 is 2.71 bits per heavy atom. The largest absolute Gasteiger partial charge is 0.464 e. The van der Waals surface area contributed by atoms with E-state index in [0.717, 1.165) is 39.6 Å². The van der Waals surface area contributed by atoms with Crippen molar-refractivity contribution in [3.63, 3.8) is 0 Å². The molecule has 0 spiro atoms. The van der Waals surface area contributed by atoms with Crippen molar-refractivity contribution in [2.75, 3.05) is 14.2 Å². The molecule has 0 fully saturated rings. The Balaban J connectivity index is 2.29. The van der Waals surface area contributed by atoms with Gasteiger partial charge in [-0.2, -0.15) is 0 Å². The highest BCUT2D eigenvalue weighted by Crippen LogP contribution is 2.40. The van der Waals surface area contributed by atoms with Crippen molar-refractivity contribution in [3.05, 3.63) is 34.6 Å². The van der Waals surface area contributed by atoms with Crippen molar-refractivity contribution in [1.82, 2.24) is 0 Å². The summed E-state index contributed by atoms with van der Waals surface area (Å²) in [6, 6.07) is 1.88. The molecule has 1 aromatic heterocycles. The highest BCUT2D eigenvalue weighted by Gasteiger charge is 2.28. The Morgan fingerprint density at radius 2 is 2.05 bits per heavy atom. The van der Waals surface area contributed by atoms with E-state index < -0.39 is 6.29 Å². The number of rotatable bonds is 3. The number of hydrogen-bond acceptors (Lipinski definition) is 4. The van der Waals surface area contributed by atoms with Gasteiger partial charge in [-0.05, 0) is 36.5 Å². The highest BCUT2D eigenvalue weighted by molar-refractivity contribution is 6.03. The average molecular weight is 288 g/mol. The van der Waals surface area contributed by atoms with Crippen LogP contribution in [0.5, 0.6) is 0 Å². The first-order valence-electron chi connectivity index (χ1n) is 7.21. The number of fused-ring (bicyclic) bond motifs is 2. The van der Waals surface area contributed by atoms with Gasteiger partial charge in [0, 0.05) is 31.6 Å². The van der Waals surface area contributed by atoms with Crippen LogP contribution in [0.3, 0.4) is 0 Å². The number of aryl methyl sites for hydroxylation is 1. The number of benzene rings is 1. The van der Waals surface area contributed by atoms with Crippen LogP contribution in [0.1, 0.15) is 59.0 Å². The molecule has 0 N–H and O–H groups in total. The fourth-order valence-corrected chi connectivity index (χ4v) is 3.46. The lowest BCUT2D eigenvalue weighted by Crippen LogP contribution is -2.15. The Bertz CT molecular complexity index is 694. The van der Waals surface area contributed by atoms with Gasteiger partial charge in [-0.3, -0.25) is 4.79 Å². The predicted octanol–water partition coefficient (Wildman–Crippen LogP) is 4.11. The molecule has 0 saturated heterocycles. The molecule has 1 aromatic carbocycles. The van der Waals surface area contributed by atoms with Crippen molar-refractivity contribution >= 4 is 16.8 Å². The molecule has 4 heteroatoms. The minimum absolute atomic E-state index is 0.209. The summed E-state index contributed by atoms with van der Waals surface area (Å²) >= 11 is 0. The quantitative estimate of drug-likeness (QED) is 0.797. The summed E-state index contributed by atoms with van der Waals surface area (Å²) in [7, 11) is 3.21. The molecule has 0 amide bonds. The maximum atomic E-state index is 12.2. The van der Waals surface area contributed by atoms with E-state index in [9.17, 15) is 4.79 Å². The zero-order valence-corrected chi connectivity index (χ0v) is 12.9. The molecule has 1 aliphatic carbocycles. The Hall–Kier alpha value is -1.65. The average Bonchev–Trinajstić information content (AvgIpc) is 2.89. The first-order valence-corrected chi connectivity index (χ1v) is 7.21. The van der Waals surface area contributed by atoms with Crippen molar-refractivity contribution < 1.29 is 18.7 Å². The van der Waals surface area contributed by atoms with Crippen LogP contribution in [0.25, 0.3) is 11.0 Å². The second-order valence-corrected chi connectivity index (χ2v) is 5.69. The molecule has 0 unspecified atom stereocenters. The van der Waals surface area contributed by atoms with Crippen LogP contribution in [0.15, 0.2) is 16.7 Å². The third-order valence-corrected chi connectivity index (χ3v) is 4.47. The summed E-state index contributed by atoms with van der Waals surface area (Å²) in [5, 5.41) is 1.00. The first-order chi connectivity index (χ1) is 10.1. The van der Waals surface area contributed by atoms with Gasteiger partial charge in [0.05, 0.1) is 5.56 Å². The van der Waals surface area contributed by atoms with Crippen LogP contribution in [0.4, 0.5) is 0 Å². The third kappa shape index (κ3) is 2.10. The first kappa shape index (κ1) is 14.3. The lowest BCUT2D eigenvalue weighted by atomic mass is 9.79. The van der Waals surface area contributed by atoms with Gasteiger partial charge in [-0.1, -0.05) is 6.92 Å². The lowest BCUT2D eigenvalue weighted by molar-refractivity contribution is -0.105. The van der Waals surface area contributed by atoms with E-state index in [1.54, 1.807) is 20.5 Å². The zero-order chi connectivity index (χ0) is 15.1. The topological polar surface area (TPSA) is 48.7 Å². The van der Waals surface area contributed by atoms with E-state index in [1.165, 1.54) is 0 Å². The van der Waals surface area contributed by atoms with Gasteiger partial charge < -0.3 is 13.9 Å². The summed E-state index contributed by atoms with van der Waals surface area (Å²) in [4.78, 5) is 12.2. The summed E-state index contributed by atoms with van der Waals surface area (Å²) in [6.45, 7) is 4.23. The van der Waals surface area contributed by atoms with Crippen molar-refractivity contribution in [1.29, 1.82) is 0 Å². The predicted molar refractivity (Wildman–Crippen MR) is 79.7 cm³/mol. The molecule has 1 atom stereocenters. The zero-order valence-electron chi connectivity index (χ0n) is 12.9. The van der Waals surface area contributed by atoms with Crippen molar-refractivity contribution in [2.24, 2.45) is 0 Å². The van der Waals surface area contributed by atoms with Gasteiger partial charge in [0.2, 0.25) is 0 Å². The fraction of sp³-hybridized carbons (Fsp3) is 0.471. The number of hydrogen-bond donors (Lipinski definition) is 0. The molecule has 1 heterocycles. The number of Topliss-reactive ketones (excluding diaryl/α,β-unsaturated/α-hetero) is 1. The smallest absolute Gasteiger partial charge is 0.186 e. The minimum Gasteiger partial charge on any atom is -0.464 e. The van der Waals surface area contributed by atoms with Crippen molar-refractivity contribution in [3.8, 4) is 0 Å². The van der Waals surface area contributed by atoms with Gasteiger partial charge in [0.1, 0.15) is 11.8 Å². The van der Waals surface area contributed by atoms with Crippen LogP contribution in [0, 0.1) is 6.92 Å². The molecule has 0 saturated carbocycles. The van der Waals surface area contributed by atoms with Gasteiger partial charge in [-0.15, -0.1) is 0 Å². The molecular formula is C17H20O4. The van der Waals surface area contributed by atoms with Gasteiger partial charge in [0.15, 0.2) is 12.1 Å². The van der Waals surface area contributed by atoms with E-state index in [2.05, 4.69) is 13.8 Å². The summed E-state index contributed by atoms with van der Waals surface area (Å²) in [6.07, 6.45) is 2.72. The number of carbonyl (C=O) groups excluding carboxylic acids is 1. The number of ketones is 1. The molecule has 0 aliphatic heterocycles. The maximum Gasteiger partial charge on any atom is 0.186 e. The van der Waals surface area contributed by atoms with Crippen molar-refractivity contribution in [2.45, 2.75) is 38.9 Å². The molecule has 1 aliphatic rings. The highest BCUT2D eigenvalue weighted by atomic mass is 16.7. The van der Waals surface area contributed by atoms with E-state index in [-0.39, 0.29) is 5.78 Å². The number of ether oxygens (including phenoxy) is 2. The summed E-state index contributed by atoms with van der Waals surface area (Å²) < 4.78 is 16.4. The van der Waals surface area contributed by atoms with Crippen LogP contribution in [-0.4, -0.2) is 20.0 Å². The number of carbonyl (C=O) groups is 1. The lowest BCUT2D eigenvalue weighted by Gasteiger charge is -2.24. The van der Waals surface area contributed by atoms with E-state index in [4.69, 9.17) is 13.9 Å². The van der Waals surface area contributed by atoms with E-state index in [0.29, 0.717) is 12.3 Å². The Labute approximate surface area is 124 Å². The Morgan fingerprint density at radius 1 is 1.33 bits per heavy atom. The molecule has 0 bridgehead atoms. The van der Waals surface area contributed by atoms with Crippen LogP contribution in [0.2, 0.25) is 0 Å². The van der Waals surface area contributed by atoms with Crippen LogP contribution in [-0.2, 0) is 9.47 Å². The summed E-state index contributed by atoms with van der Waals surface area (Å²) in [5.41, 5.74) is 4.66. The SMILES string of the molecule is COC(OC)c1coc2cc3c(c(C)c12)[C@@H](C)CCC3=O. The van der Waals surface area contributed by atoms with Gasteiger partial charge >= 0.3 is 0 Å². The van der Waals surface area contributed by atoms with Crippen LogP contribution >= 0.6 is 0 Å². The van der Waals surface area contributed by atoms with E-state index in [1.807, 2.05) is 6.07 Å². The molecule has 2 aromatic rings. The molecular weight excluding hydrogens is 268 g/mol. The third-order valence-electron chi connectivity index (χ3n) is 4.47. The van der Waals surface area contributed by atoms with Gasteiger partial charge in [0.25, 0.3) is 0 Å². The second kappa shape index (κ2) is 5.28. The van der Waals surface area contributed by atoms with Gasteiger partial charge in [-0.25, -0.2) is 0 Å². The molecule has 21 heavy (non-hydrogen) atoms.